The minimum atomic E-state index is -0.972. The number of aryl methyl sites for hydroxylation is 1. The van der Waals surface area contributed by atoms with Gasteiger partial charge in [-0.05, 0) is 0 Å². The Morgan fingerprint density at radius 1 is 1.53 bits per heavy atom. The molecule has 0 radical (unpaired) electrons. The summed E-state index contributed by atoms with van der Waals surface area (Å²) in [5.74, 6) is -0.972. The lowest BCUT2D eigenvalue weighted by molar-refractivity contribution is 0.0174. The Morgan fingerprint density at radius 2 is 2.26 bits per heavy atom. The highest BCUT2D eigenvalue weighted by atomic mass is 16.5. The van der Waals surface area contributed by atoms with Crippen LogP contribution in [0.25, 0.3) is 0 Å². The lowest BCUT2D eigenvalue weighted by atomic mass is 10.2. The number of hydrogen-bond donors (Lipinski definition) is 1. The molecule has 1 saturated heterocycles. The second-order valence-electron chi connectivity index (χ2n) is 4.47. The van der Waals surface area contributed by atoms with Gasteiger partial charge in [-0.25, -0.2) is 4.79 Å². The van der Waals surface area contributed by atoms with E-state index in [1.54, 1.807) is 7.05 Å². The fourth-order valence-corrected chi connectivity index (χ4v) is 2.01. The Hall–Kier alpha value is -1.44. The average Bonchev–Trinajstić information content (AvgIpc) is 2.77. The summed E-state index contributed by atoms with van der Waals surface area (Å²) < 4.78 is 12.3. The molecule has 1 aromatic rings. The maximum absolute atomic E-state index is 11.0. The van der Waals surface area contributed by atoms with Crippen molar-refractivity contribution in [3.05, 3.63) is 17.5 Å². The highest BCUT2D eigenvalue weighted by Gasteiger charge is 2.15. The first-order valence-corrected chi connectivity index (χ1v) is 6.30. The Kier molecular flexibility index (Phi) is 4.89. The molecule has 1 N–H and O–H groups in total. The van der Waals surface area contributed by atoms with Crippen LogP contribution in [0.5, 0.6) is 0 Å². The zero-order valence-corrected chi connectivity index (χ0v) is 11.0. The van der Waals surface area contributed by atoms with E-state index >= 15 is 0 Å². The summed E-state index contributed by atoms with van der Waals surface area (Å²) in [7, 11) is 1.70. The Balaban J connectivity index is 1.74. The molecule has 0 amide bonds. The van der Waals surface area contributed by atoms with Crippen LogP contribution >= 0.6 is 0 Å². The predicted molar refractivity (Wildman–Crippen MR) is 67.1 cm³/mol. The first kappa shape index (κ1) is 14.0. The highest BCUT2D eigenvalue weighted by molar-refractivity contribution is 5.88. The van der Waals surface area contributed by atoms with Crippen molar-refractivity contribution in [2.75, 3.05) is 39.5 Å². The molecule has 7 nitrogen and oxygen atoms in total. The zero-order chi connectivity index (χ0) is 13.7. The van der Waals surface area contributed by atoms with Crippen LogP contribution in [-0.4, -0.2) is 65.2 Å². The number of carboxylic acid groups (broad SMARTS) is 1. The van der Waals surface area contributed by atoms with Gasteiger partial charge in [0.2, 0.25) is 0 Å². The van der Waals surface area contributed by atoms with E-state index in [0.717, 1.165) is 32.8 Å². The van der Waals surface area contributed by atoms with Crippen LogP contribution in [0.4, 0.5) is 0 Å². The van der Waals surface area contributed by atoms with Crippen molar-refractivity contribution in [1.29, 1.82) is 0 Å². The van der Waals surface area contributed by atoms with Crippen LogP contribution in [0, 0.1) is 0 Å². The molecular formula is C12H19N3O4. The van der Waals surface area contributed by atoms with Crippen LogP contribution in [0.3, 0.4) is 0 Å². The van der Waals surface area contributed by atoms with Crippen LogP contribution in [0.15, 0.2) is 6.20 Å². The molecule has 1 aromatic heterocycles. The van der Waals surface area contributed by atoms with Gasteiger partial charge in [0.25, 0.3) is 0 Å². The maximum atomic E-state index is 11.0. The Labute approximate surface area is 111 Å². The quantitative estimate of drug-likeness (QED) is 0.731. The molecule has 1 fully saturated rings. The van der Waals surface area contributed by atoms with E-state index in [2.05, 4.69) is 10.00 Å². The lowest BCUT2D eigenvalue weighted by Crippen LogP contribution is -2.38. The average molecular weight is 269 g/mol. The van der Waals surface area contributed by atoms with Gasteiger partial charge in [-0.2, -0.15) is 5.10 Å². The SMILES string of the molecule is Cn1cc(C(=O)O)c(COCCN2CCOCC2)n1. The smallest absolute Gasteiger partial charge is 0.339 e. The number of aromatic carboxylic acids is 1. The molecule has 0 unspecified atom stereocenters. The van der Waals surface area contributed by atoms with Crippen molar-refractivity contribution in [2.24, 2.45) is 7.05 Å². The van der Waals surface area contributed by atoms with E-state index in [-0.39, 0.29) is 12.2 Å². The molecule has 1 aliphatic heterocycles. The monoisotopic (exact) mass is 269 g/mol. The van der Waals surface area contributed by atoms with Crippen LogP contribution in [-0.2, 0) is 23.1 Å². The highest BCUT2D eigenvalue weighted by Crippen LogP contribution is 2.08. The molecule has 106 valence electrons. The first-order valence-electron chi connectivity index (χ1n) is 6.30. The fraction of sp³-hybridized carbons (Fsp3) is 0.667. The number of aromatic nitrogens is 2. The summed E-state index contributed by atoms with van der Waals surface area (Å²) in [6.45, 7) is 5.01. The first-order chi connectivity index (χ1) is 9.16. The maximum Gasteiger partial charge on any atom is 0.339 e. The van der Waals surface area contributed by atoms with Crippen molar-refractivity contribution in [2.45, 2.75) is 6.61 Å². The van der Waals surface area contributed by atoms with E-state index < -0.39 is 5.97 Å². The van der Waals surface area contributed by atoms with Gasteiger partial charge < -0.3 is 14.6 Å². The summed E-state index contributed by atoms with van der Waals surface area (Å²) in [6.07, 6.45) is 1.49. The van der Waals surface area contributed by atoms with Gasteiger partial charge in [0.05, 0.1) is 26.4 Å². The number of carbonyl (C=O) groups is 1. The van der Waals surface area contributed by atoms with Crippen molar-refractivity contribution in [1.82, 2.24) is 14.7 Å². The van der Waals surface area contributed by atoms with Gasteiger partial charge >= 0.3 is 5.97 Å². The van der Waals surface area contributed by atoms with Gasteiger partial charge in [0.1, 0.15) is 11.3 Å². The fourth-order valence-electron chi connectivity index (χ4n) is 2.01. The van der Waals surface area contributed by atoms with E-state index in [1.807, 2.05) is 0 Å². The molecule has 0 aromatic carbocycles. The molecule has 2 rings (SSSR count). The normalized spacial score (nSPS) is 16.7. The van der Waals surface area contributed by atoms with Crippen molar-refractivity contribution in [3.63, 3.8) is 0 Å². The molecule has 0 spiro atoms. The summed E-state index contributed by atoms with van der Waals surface area (Å²) in [4.78, 5) is 13.2. The van der Waals surface area contributed by atoms with Gasteiger partial charge in [-0.3, -0.25) is 9.58 Å². The van der Waals surface area contributed by atoms with Gasteiger partial charge in [-0.15, -0.1) is 0 Å². The molecular weight excluding hydrogens is 250 g/mol. The van der Waals surface area contributed by atoms with Crippen molar-refractivity contribution >= 4 is 5.97 Å². The van der Waals surface area contributed by atoms with Crippen LogP contribution in [0.1, 0.15) is 16.1 Å². The molecule has 7 heteroatoms. The Morgan fingerprint density at radius 3 is 2.95 bits per heavy atom. The standard InChI is InChI=1S/C12H19N3O4/c1-14-8-10(12(16)17)11(13-14)9-19-7-4-15-2-5-18-6-3-15/h8H,2-7,9H2,1H3,(H,16,17). The minimum absolute atomic E-state index is 0.203. The summed E-state index contributed by atoms with van der Waals surface area (Å²) in [5, 5.41) is 13.1. The number of morpholine rings is 1. The third-order valence-corrected chi connectivity index (χ3v) is 3.03. The third-order valence-electron chi connectivity index (χ3n) is 3.03. The van der Waals surface area contributed by atoms with Crippen LogP contribution in [0.2, 0.25) is 0 Å². The third kappa shape index (κ3) is 4.02. The molecule has 1 aliphatic rings. The second kappa shape index (κ2) is 6.65. The van der Waals surface area contributed by atoms with E-state index in [9.17, 15) is 4.79 Å². The molecule has 19 heavy (non-hydrogen) atoms. The van der Waals surface area contributed by atoms with E-state index in [4.69, 9.17) is 14.6 Å². The van der Waals surface area contributed by atoms with Crippen LogP contribution < -0.4 is 0 Å². The molecule has 2 heterocycles. The molecule has 0 atom stereocenters. The van der Waals surface area contributed by atoms with Gasteiger partial charge in [0.15, 0.2) is 0 Å². The number of carboxylic acids is 1. The van der Waals surface area contributed by atoms with E-state index in [1.165, 1.54) is 10.9 Å². The second-order valence-corrected chi connectivity index (χ2v) is 4.47. The molecule has 0 saturated carbocycles. The zero-order valence-electron chi connectivity index (χ0n) is 11.0. The Bertz CT molecular complexity index is 427. The van der Waals surface area contributed by atoms with Gasteiger partial charge in [-0.1, -0.05) is 0 Å². The van der Waals surface area contributed by atoms with E-state index in [0.29, 0.717) is 12.3 Å². The number of nitrogens with zero attached hydrogens (tertiary/aromatic N) is 3. The summed E-state index contributed by atoms with van der Waals surface area (Å²) >= 11 is 0. The number of rotatable bonds is 6. The summed E-state index contributed by atoms with van der Waals surface area (Å²) in [6, 6.07) is 0. The molecule has 0 bridgehead atoms. The van der Waals surface area contributed by atoms with Crippen molar-refractivity contribution in [3.8, 4) is 0 Å². The number of ether oxygens (including phenoxy) is 2. The topological polar surface area (TPSA) is 76.8 Å². The summed E-state index contributed by atoms with van der Waals surface area (Å²) in [5.41, 5.74) is 0.672. The lowest BCUT2D eigenvalue weighted by Gasteiger charge is -2.26. The minimum Gasteiger partial charge on any atom is -0.478 e. The number of hydrogen-bond acceptors (Lipinski definition) is 5. The molecule has 0 aliphatic carbocycles. The van der Waals surface area contributed by atoms with Gasteiger partial charge in [0, 0.05) is 32.9 Å². The largest absolute Gasteiger partial charge is 0.478 e. The predicted octanol–water partition coefficient (Wildman–Crippen LogP) is -0.0329. The van der Waals surface area contributed by atoms with Crippen molar-refractivity contribution < 1.29 is 19.4 Å².